The van der Waals surface area contributed by atoms with Crippen molar-refractivity contribution < 1.29 is 18.7 Å². The lowest BCUT2D eigenvalue weighted by Crippen LogP contribution is -2.33. The zero-order valence-corrected chi connectivity index (χ0v) is 13.8. The Labute approximate surface area is 145 Å². The van der Waals surface area contributed by atoms with Crippen LogP contribution in [0.2, 0.25) is 0 Å². The molecule has 0 aliphatic heterocycles. The molecule has 0 spiro atoms. The van der Waals surface area contributed by atoms with E-state index in [-0.39, 0.29) is 35.9 Å². The van der Waals surface area contributed by atoms with Gasteiger partial charge in [0, 0.05) is 29.7 Å². The lowest BCUT2D eigenvalue weighted by atomic mass is 9.98. The molecule has 25 heavy (non-hydrogen) atoms. The standard InChI is InChI=1S/C20H19F2NO2/c1-12-8-15(21)4-7-17(12)18-6-3-14(10-19(18)22)20(25)23-16-5-2-13(9-16)11-24/h2-8,10,13,16,24H,9,11H2,1H3,(H,23,25)/t13-,16+/m0/s1. The third kappa shape index (κ3) is 3.77. The van der Waals surface area contributed by atoms with Gasteiger partial charge in [-0.05, 0) is 48.7 Å². The van der Waals surface area contributed by atoms with Crippen LogP contribution in [-0.2, 0) is 0 Å². The van der Waals surface area contributed by atoms with Gasteiger partial charge in [-0.3, -0.25) is 4.79 Å². The van der Waals surface area contributed by atoms with Gasteiger partial charge in [-0.15, -0.1) is 0 Å². The SMILES string of the molecule is Cc1cc(F)ccc1-c1ccc(C(=O)N[C@@H]2C=C[C@H](CO)C2)cc1F. The fourth-order valence-corrected chi connectivity index (χ4v) is 3.07. The van der Waals surface area contributed by atoms with Crippen LogP contribution in [0, 0.1) is 24.5 Å². The van der Waals surface area contributed by atoms with Crippen LogP contribution in [0.4, 0.5) is 8.78 Å². The molecule has 3 nitrogen and oxygen atoms in total. The van der Waals surface area contributed by atoms with Crippen molar-refractivity contribution in [1.29, 1.82) is 0 Å². The number of hydrogen-bond donors (Lipinski definition) is 2. The third-order valence-electron chi connectivity index (χ3n) is 4.43. The number of nitrogens with one attached hydrogen (secondary N) is 1. The first kappa shape index (κ1) is 17.3. The minimum absolute atomic E-state index is 0.0449. The van der Waals surface area contributed by atoms with Crippen molar-refractivity contribution in [1.82, 2.24) is 5.32 Å². The second kappa shape index (κ2) is 7.15. The van der Waals surface area contributed by atoms with E-state index < -0.39 is 5.82 Å². The predicted molar refractivity (Wildman–Crippen MR) is 92.1 cm³/mol. The van der Waals surface area contributed by atoms with Gasteiger partial charge in [-0.1, -0.05) is 24.3 Å². The molecule has 0 aromatic heterocycles. The third-order valence-corrected chi connectivity index (χ3v) is 4.43. The minimum atomic E-state index is -0.530. The van der Waals surface area contributed by atoms with Crippen LogP contribution in [0.15, 0.2) is 48.6 Å². The summed E-state index contributed by atoms with van der Waals surface area (Å²) in [6, 6.07) is 8.28. The molecule has 0 radical (unpaired) electrons. The van der Waals surface area contributed by atoms with E-state index in [4.69, 9.17) is 5.11 Å². The summed E-state index contributed by atoms with van der Waals surface area (Å²) < 4.78 is 27.7. The number of hydrogen-bond acceptors (Lipinski definition) is 2. The molecule has 0 saturated carbocycles. The Hall–Kier alpha value is -2.53. The number of carbonyl (C=O) groups excluding carboxylic acids is 1. The number of benzene rings is 2. The van der Waals surface area contributed by atoms with E-state index in [1.165, 1.54) is 30.3 Å². The zero-order valence-electron chi connectivity index (χ0n) is 13.8. The molecule has 3 rings (SSSR count). The van der Waals surface area contributed by atoms with Crippen molar-refractivity contribution in [2.75, 3.05) is 6.61 Å². The number of aliphatic hydroxyl groups excluding tert-OH is 1. The number of rotatable bonds is 4. The normalized spacial score (nSPS) is 19.2. The molecule has 0 saturated heterocycles. The van der Waals surface area contributed by atoms with Gasteiger partial charge in [-0.25, -0.2) is 8.78 Å². The molecular formula is C20H19F2NO2. The molecule has 130 valence electrons. The summed E-state index contributed by atoms with van der Waals surface area (Å²) in [6.45, 7) is 1.76. The monoisotopic (exact) mass is 343 g/mol. The highest BCUT2D eigenvalue weighted by molar-refractivity contribution is 5.95. The Morgan fingerprint density at radius 1 is 1.16 bits per heavy atom. The molecule has 0 heterocycles. The Morgan fingerprint density at radius 3 is 2.56 bits per heavy atom. The summed E-state index contributed by atoms with van der Waals surface area (Å²) in [7, 11) is 0. The van der Waals surface area contributed by atoms with Crippen molar-refractivity contribution >= 4 is 5.91 Å². The Morgan fingerprint density at radius 2 is 1.92 bits per heavy atom. The van der Waals surface area contributed by atoms with Crippen LogP contribution in [0.5, 0.6) is 0 Å². The van der Waals surface area contributed by atoms with E-state index in [2.05, 4.69) is 5.32 Å². The van der Waals surface area contributed by atoms with Crippen LogP contribution < -0.4 is 5.32 Å². The fourth-order valence-electron chi connectivity index (χ4n) is 3.07. The molecule has 0 bridgehead atoms. The Balaban J connectivity index is 1.78. The lowest BCUT2D eigenvalue weighted by Gasteiger charge is -2.14. The molecule has 2 aromatic rings. The number of amides is 1. The van der Waals surface area contributed by atoms with Gasteiger partial charge < -0.3 is 10.4 Å². The molecule has 1 aliphatic rings. The van der Waals surface area contributed by atoms with Crippen LogP contribution in [0.1, 0.15) is 22.3 Å². The molecule has 0 fully saturated rings. The predicted octanol–water partition coefficient (Wildman–Crippen LogP) is 3.61. The van der Waals surface area contributed by atoms with Gasteiger partial charge in [0.15, 0.2) is 0 Å². The number of aryl methyl sites for hydroxylation is 1. The van der Waals surface area contributed by atoms with Crippen molar-refractivity contribution in [2.45, 2.75) is 19.4 Å². The summed E-state index contributed by atoms with van der Waals surface area (Å²) in [6.07, 6.45) is 4.34. The largest absolute Gasteiger partial charge is 0.396 e. The summed E-state index contributed by atoms with van der Waals surface area (Å²) in [5, 5.41) is 11.9. The second-order valence-electron chi connectivity index (χ2n) is 6.30. The van der Waals surface area contributed by atoms with E-state index >= 15 is 0 Å². The minimum Gasteiger partial charge on any atom is -0.396 e. The number of halogens is 2. The molecule has 2 aromatic carbocycles. The van der Waals surface area contributed by atoms with Crippen molar-refractivity contribution in [3.8, 4) is 11.1 Å². The van der Waals surface area contributed by atoms with Crippen LogP contribution >= 0.6 is 0 Å². The quantitative estimate of drug-likeness (QED) is 0.833. The Bertz CT molecular complexity index is 832. The van der Waals surface area contributed by atoms with Gasteiger partial charge in [0.1, 0.15) is 11.6 Å². The van der Waals surface area contributed by atoms with Gasteiger partial charge in [0.25, 0.3) is 5.91 Å². The Kier molecular flexibility index (Phi) is 4.95. The van der Waals surface area contributed by atoms with Crippen LogP contribution in [0.25, 0.3) is 11.1 Å². The first-order chi connectivity index (χ1) is 12.0. The molecule has 1 aliphatic carbocycles. The molecule has 1 amide bonds. The van der Waals surface area contributed by atoms with E-state index in [1.54, 1.807) is 13.0 Å². The van der Waals surface area contributed by atoms with Crippen LogP contribution in [-0.4, -0.2) is 23.7 Å². The highest BCUT2D eigenvalue weighted by atomic mass is 19.1. The van der Waals surface area contributed by atoms with E-state index in [0.29, 0.717) is 23.1 Å². The molecular weight excluding hydrogens is 324 g/mol. The fraction of sp³-hybridized carbons (Fsp3) is 0.250. The smallest absolute Gasteiger partial charge is 0.251 e. The molecule has 0 unspecified atom stereocenters. The average Bonchev–Trinajstić information content (AvgIpc) is 3.03. The summed E-state index contributed by atoms with van der Waals surface area (Å²) in [4.78, 5) is 12.3. The van der Waals surface area contributed by atoms with E-state index in [9.17, 15) is 13.6 Å². The van der Waals surface area contributed by atoms with Crippen molar-refractivity contribution in [3.05, 3.63) is 71.3 Å². The lowest BCUT2D eigenvalue weighted by molar-refractivity contribution is 0.0940. The van der Waals surface area contributed by atoms with Gasteiger partial charge in [0.2, 0.25) is 0 Å². The summed E-state index contributed by atoms with van der Waals surface area (Å²) in [5.41, 5.74) is 1.77. The zero-order chi connectivity index (χ0) is 18.0. The van der Waals surface area contributed by atoms with E-state index in [1.807, 2.05) is 12.2 Å². The number of aliphatic hydroxyl groups is 1. The van der Waals surface area contributed by atoms with Gasteiger partial charge >= 0.3 is 0 Å². The first-order valence-corrected chi connectivity index (χ1v) is 8.14. The molecule has 2 N–H and O–H groups in total. The maximum absolute atomic E-state index is 14.5. The highest BCUT2D eigenvalue weighted by Gasteiger charge is 2.21. The van der Waals surface area contributed by atoms with E-state index in [0.717, 1.165) is 0 Å². The summed E-state index contributed by atoms with van der Waals surface area (Å²) in [5.74, 6) is -1.22. The summed E-state index contributed by atoms with van der Waals surface area (Å²) >= 11 is 0. The number of carbonyl (C=O) groups is 1. The molecule has 2 atom stereocenters. The maximum atomic E-state index is 14.5. The molecule has 5 heteroatoms. The highest BCUT2D eigenvalue weighted by Crippen LogP contribution is 2.27. The van der Waals surface area contributed by atoms with Crippen LogP contribution in [0.3, 0.4) is 0 Å². The maximum Gasteiger partial charge on any atom is 0.251 e. The average molecular weight is 343 g/mol. The first-order valence-electron chi connectivity index (χ1n) is 8.14. The van der Waals surface area contributed by atoms with Crippen molar-refractivity contribution in [2.24, 2.45) is 5.92 Å². The van der Waals surface area contributed by atoms with Crippen molar-refractivity contribution in [3.63, 3.8) is 0 Å². The van der Waals surface area contributed by atoms with Gasteiger partial charge in [0.05, 0.1) is 0 Å². The second-order valence-corrected chi connectivity index (χ2v) is 6.30. The topological polar surface area (TPSA) is 49.3 Å². The van der Waals surface area contributed by atoms with Gasteiger partial charge in [-0.2, -0.15) is 0 Å².